The van der Waals surface area contributed by atoms with Crippen molar-refractivity contribution < 1.29 is 9.53 Å². The van der Waals surface area contributed by atoms with Crippen LogP contribution in [0.3, 0.4) is 0 Å². The highest BCUT2D eigenvalue weighted by atomic mass is 16.5. The minimum atomic E-state index is -0.603. The molecule has 1 saturated carbocycles. The highest BCUT2D eigenvalue weighted by Gasteiger charge is 2.30. The second-order valence-corrected chi connectivity index (χ2v) is 7.46. The number of amides is 1. The third-order valence-corrected chi connectivity index (χ3v) is 4.77. The Bertz CT molecular complexity index is 321. The van der Waals surface area contributed by atoms with E-state index in [-0.39, 0.29) is 5.91 Å². The first kappa shape index (κ1) is 18.4. The van der Waals surface area contributed by atoms with Gasteiger partial charge in [-0.15, -0.1) is 0 Å². The van der Waals surface area contributed by atoms with Crippen molar-refractivity contribution in [3.63, 3.8) is 0 Å². The highest BCUT2D eigenvalue weighted by molar-refractivity contribution is 5.84. The van der Waals surface area contributed by atoms with Crippen molar-refractivity contribution in [2.45, 2.75) is 84.3 Å². The zero-order valence-electron chi connectivity index (χ0n) is 14.3. The molecule has 0 aromatic carbocycles. The van der Waals surface area contributed by atoms with Gasteiger partial charge >= 0.3 is 0 Å². The van der Waals surface area contributed by atoms with Crippen molar-refractivity contribution >= 4 is 5.91 Å². The van der Waals surface area contributed by atoms with Crippen LogP contribution >= 0.6 is 0 Å². The van der Waals surface area contributed by atoms with Crippen LogP contribution in [0.15, 0.2) is 0 Å². The van der Waals surface area contributed by atoms with Crippen LogP contribution in [0.5, 0.6) is 0 Å². The molecule has 0 radical (unpaired) electrons. The normalized spacial score (nSPS) is 21.9. The number of carbonyl (C=O) groups is 1. The van der Waals surface area contributed by atoms with Crippen LogP contribution in [0.1, 0.15) is 72.6 Å². The van der Waals surface area contributed by atoms with E-state index < -0.39 is 5.54 Å². The summed E-state index contributed by atoms with van der Waals surface area (Å²) >= 11 is 0. The molecule has 1 amide bonds. The summed E-state index contributed by atoms with van der Waals surface area (Å²) in [6.07, 6.45) is 7.82. The van der Waals surface area contributed by atoms with E-state index in [1.807, 2.05) is 6.92 Å². The maximum Gasteiger partial charge on any atom is 0.237 e. The topological polar surface area (TPSA) is 64.3 Å². The maximum atomic E-state index is 11.6. The van der Waals surface area contributed by atoms with Gasteiger partial charge < -0.3 is 15.8 Å². The van der Waals surface area contributed by atoms with E-state index in [9.17, 15) is 4.79 Å². The molecular formula is C17H34N2O2. The Morgan fingerprint density at radius 1 is 1.38 bits per heavy atom. The molecule has 3 N–H and O–H groups in total. The molecule has 0 aromatic rings. The van der Waals surface area contributed by atoms with Gasteiger partial charge in [0.15, 0.2) is 0 Å². The molecule has 0 heterocycles. The largest absolute Gasteiger partial charge is 0.378 e. The fourth-order valence-corrected chi connectivity index (χ4v) is 2.91. The predicted molar refractivity (Wildman–Crippen MR) is 87.1 cm³/mol. The van der Waals surface area contributed by atoms with Crippen molar-refractivity contribution in [3.8, 4) is 0 Å². The quantitative estimate of drug-likeness (QED) is 0.643. The second-order valence-electron chi connectivity index (χ2n) is 7.46. The summed E-state index contributed by atoms with van der Waals surface area (Å²) in [6, 6.07) is 0. The van der Waals surface area contributed by atoms with Crippen LogP contribution in [0.4, 0.5) is 0 Å². The molecule has 4 nitrogen and oxygen atoms in total. The molecule has 1 aliphatic carbocycles. The second kappa shape index (κ2) is 8.14. The monoisotopic (exact) mass is 298 g/mol. The van der Waals surface area contributed by atoms with Gasteiger partial charge in [-0.3, -0.25) is 4.79 Å². The van der Waals surface area contributed by atoms with E-state index in [1.165, 1.54) is 12.8 Å². The molecule has 0 aromatic heterocycles. The van der Waals surface area contributed by atoms with E-state index in [4.69, 9.17) is 10.5 Å². The smallest absolute Gasteiger partial charge is 0.237 e. The zero-order valence-corrected chi connectivity index (χ0v) is 14.3. The number of nitrogens with one attached hydrogen (secondary N) is 1. The first-order valence-corrected chi connectivity index (χ1v) is 8.45. The Labute approximate surface area is 130 Å². The van der Waals surface area contributed by atoms with E-state index in [0.717, 1.165) is 45.3 Å². The van der Waals surface area contributed by atoms with Crippen LogP contribution in [-0.2, 0) is 9.53 Å². The molecule has 0 aliphatic heterocycles. The molecule has 1 atom stereocenters. The van der Waals surface area contributed by atoms with Crippen molar-refractivity contribution in [3.05, 3.63) is 0 Å². The summed E-state index contributed by atoms with van der Waals surface area (Å²) in [7, 11) is 0. The lowest BCUT2D eigenvalue weighted by Crippen LogP contribution is -2.53. The Morgan fingerprint density at radius 3 is 2.52 bits per heavy atom. The molecule has 4 heteroatoms. The van der Waals surface area contributed by atoms with Gasteiger partial charge in [-0.2, -0.15) is 0 Å². The SMILES string of the molecule is CCCNC(C)(CCCOC1CCC(C)(C)CC1)C(N)=O. The van der Waals surface area contributed by atoms with Crippen LogP contribution < -0.4 is 11.1 Å². The molecule has 0 spiro atoms. The van der Waals surface area contributed by atoms with Crippen molar-refractivity contribution in [1.29, 1.82) is 0 Å². The number of nitrogens with two attached hydrogens (primary N) is 1. The third-order valence-electron chi connectivity index (χ3n) is 4.77. The van der Waals surface area contributed by atoms with E-state index in [0.29, 0.717) is 11.5 Å². The molecule has 1 rings (SSSR count). The lowest BCUT2D eigenvalue weighted by atomic mass is 9.76. The van der Waals surface area contributed by atoms with E-state index in [1.54, 1.807) is 0 Å². The highest BCUT2D eigenvalue weighted by Crippen LogP contribution is 2.36. The van der Waals surface area contributed by atoms with Crippen LogP contribution in [0.2, 0.25) is 0 Å². The van der Waals surface area contributed by atoms with Crippen LogP contribution in [-0.4, -0.2) is 30.7 Å². The summed E-state index contributed by atoms with van der Waals surface area (Å²) in [6.45, 7) is 10.2. The summed E-state index contributed by atoms with van der Waals surface area (Å²) in [5.41, 5.74) is 5.40. The van der Waals surface area contributed by atoms with Crippen molar-refractivity contribution in [2.24, 2.45) is 11.1 Å². The Balaban J connectivity index is 2.24. The molecule has 0 saturated heterocycles. The molecule has 21 heavy (non-hydrogen) atoms. The molecule has 1 unspecified atom stereocenters. The minimum absolute atomic E-state index is 0.268. The zero-order chi connectivity index (χ0) is 15.9. The fraction of sp³-hybridized carbons (Fsp3) is 0.941. The first-order chi connectivity index (χ1) is 9.79. The van der Waals surface area contributed by atoms with Gasteiger partial charge in [0.1, 0.15) is 0 Å². The minimum Gasteiger partial charge on any atom is -0.378 e. The van der Waals surface area contributed by atoms with Gasteiger partial charge in [0, 0.05) is 6.61 Å². The van der Waals surface area contributed by atoms with Crippen molar-refractivity contribution in [2.75, 3.05) is 13.2 Å². The number of hydrogen-bond donors (Lipinski definition) is 2. The number of primary amides is 1. The van der Waals surface area contributed by atoms with Gasteiger partial charge in [-0.05, 0) is 63.8 Å². The Morgan fingerprint density at radius 2 is 2.00 bits per heavy atom. The van der Waals surface area contributed by atoms with E-state index >= 15 is 0 Å². The van der Waals surface area contributed by atoms with E-state index in [2.05, 4.69) is 26.1 Å². The number of rotatable bonds is 9. The average Bonchev–Trinajstić information content (AvgIpc) is 2.42. The third kappa shape index (κ3) is 6.35. The summed E-state index contributed by atoms with van der Waals surface area (Å²) in [5, 5.41) is 3.26. The average molecular weight is 298 g/mol. The Kier molecular flexibility index (Phi) is 7.14. The first-order valence-electron chi connectivity index (χ1n) is 8.45. The molecule has 0 bridgehead atoms. The molecule has 1 fully saturated rings. The lowest BCUT2D eigenvalue weighted by molar-refractivity contribution is -0.124. The Hall–Kier alpha value is -0.610. The molecule has 124 valence electrons. The summed E-state index contributed by atoms with van der Waals surface area (Å²) in [4.78, 5) is 11.6. The van der Waals surface area contributed by atoms with Crippen LogP contribution in [0.25, 0.3) is 0 Å². The standard InChI is InChI=1S/C17H34N2O2/c1-5-12-19-17(4,15(18)20)9-6-13-21-14-7-10-16(2,3)11-8-14/h14,19H,5-13H2,1-4H3,(H2,18,20). The van der Waals surface area contributed by atoms with Crippen LogP contribution in [0, 0.1) is 5.41 Å². The number of ether oxygens (including phenoxy) is 1. The molecular weight excluding hydrogens is 264 g/mol. The van der Waals surface area contributed by atoms with Gasteiger partial charge in [-0.25, -0.2) is 0 Å². The van der Waals surface area contributed by atoms with Gasteiger partial charge in [-0.1, -0.05) is 20.8 Å². The van der Waals surface area contributed by atoms with Crippen molar-refractivity contribution in [1.82, 2.24) is 5.32 Å². The fourth-order valence-electron chi connectivity index (χ4n) is 2.91. The summed E-state index contributed by atoms with van der Waals surface area (Å²) < 4.78 is 5.98. The molecule has 1 aliphatic rings. The van der Waals surface area contributed by atoms with Gasteiger partial charge in [0.2, 0.25) is 5.91 Å². The number of carbonyl (C=O) groups excluding carboxylic acids is 1. The van der Waals surface area contributed by atoms with Gasteiger partial charge in [0.25, 0.3) is 0 Å². The predicted octanol–water partition coefficient (Wildman–Crippen LogP) is 3.00. The van der Waals surface area contributed by atoms with Gasteiger partial charge in [0.05, 0.1) is 11.6 Å². The summed E-state index contributed by atoms with van der Waals surface area (Å²) in [5.74, 6) is -0.268. The number of hydrogen-bond acceptors (Lipinski definition) is 3. The lowest BCUT2D eigenvalue weighted by Gasteiger charge is -2.34. The maximum absolute atomic E-state index is 11.6.